The summed E-state index contributed by atoms with van der Waals surface area (Å²) >= 11 is 0. The molecule has 0 aromatic heterocycles. The summed E-state index contributed by atoms with van der Waals surface area (Å²) in [7, 11) is -2.93. The van der Waals surface area contributed by atoms with E-state index in [1.54, 1.807) is 6.07 Å². The van der Waals surface area contributed by atoms with E-state index in [9.17, 15) is 17.2 Å². The molecule has 3 rings (SSSR count). The van der Waals surface area contributed by atoms with Gasteiger partial charge >= 0.3 is 0 Å². The molecule has 2 atom stereocenters. The maximum Gasteiger partial charge on any atom is 0.159 e. The molecule has 1 aliphatic carbocycles. The Hall–Kier alpha value is -1.79. The number of unbranched alkanes of at least 4 members (excludes halogenated alkanes) is 1. The second kappa shape index (κ2) is 11.4. The fourth-order valence-electron chi connectivity index (χ4n) is 4.85. The highest BCUT2D eigenvalue weighted by Gasteiger charge is 2.29. The lowest BCUT2D eigenvalue weighted by atomic mass is 9.75. The number of rotatable bonds is 11. The normalized spacial score (nSPS) is 18.5. The summed E-state index contributed by atoms with van der Waals surface area (Å²) in [6.45, 7) is 4.84. The molecule has 2 aromatic carbocycles. The predicted molar refractivity (Wildman–Crippen MR) is 127 cm³/mol. The van der Waals surface area contributed by atoms with Gasteiger partial charge in [0.2, 0.25) is 0 Å². The van der Waals surface area contributed by atoms with E-state index in [2.05, 4.69) is 30.4 Å². The van der Waals surface area contributed by atoms with Crippen LogP contribution in [0.3, 0.4) is 0 Å². The minimum atomic E-state index is -2.93. The van der Waals surface area contributed by atoms with E-state index in [0.29, 0.717) is 19.3 Å². The molecule has 6 heteroatoms. The summed E-state index contributed by atoms with van der Waals surface area (Å²) in [4.78, 5) is 0. The first-order valence-corrected chi connectivity index (χ1v) is 13.6. The SMILES string of the molecule is CCCS(=O)(=O)CCCCc1ccc2c(c1)C(Cc1ccc(F)c(F)c1)C(NCC)CC2. The monoisotopic (exact) mass is 463 g/mol. The van der Waals surface area contributed by atoms with Gasteiger partial charge in [0.05, 0.1) is 5.75 Å². The summed E-state index contributed by atoms with van der Waals surface area (Å²) < 4.78 is 51.1. The van der Waals surface area contributed by atoms with Crippen molar-refractivity contribution in [3.8, 4) is 0 Å². The molecule has 0 spiro atoms. The zero-order chi connectivity index (χ0) is 23.1. The molecule has 0 bridgehead atoms. The molecular formula is C26H35F2NO2S. The minimum Gasteiger partial charge on any atom is -0.314 e. The van der Waals surface area contributed by atoms with Gasteiger partial charge in [0.25, 0.3) is 0 Å². The van der Waals surface area contributed by atoms with Crippen molar-refractivity contribution >= 4 is 9.84 Å². The Morgan fingerprint density at radius 1 is 0.969 bits per heavy atom. The third-order valence-electron chi connectivity index (χ3n) is 6.41. The Balaban J connectivity index is 1.75. The van der Waals surface area contributed by atoms with Gasteiger partial charge in [-0.25, -0.2) is 17.2 Å². The summed E-state index contributed by atoms with van der Waals surface area (Å²) in [6, 6.07) is 11.1. The predicted octanol–water partition coefficient (Wildman–Crippen LogP) is 5.36. The minimum absolute atomic E-state index is 0.188. The van der Waals surface area contributed by atoms with Crippen LogP contribution in [0.25, 0.3) is 0 Å². The third kappa shape index (κ3) is 6.61. The van der Waals surface area contributed by atoms with Gasteiger partial charge < -0.3 is 5.32 Å². The van der Waals surface area contributed by atoms with Crippen molar-refractivity contribution in [2.75, 3.05) is 18.1 Å². The van der Waals surface area contributed by atoms with Crippen molar-refractivity contribution in [2.24, 2.45) is 0 Å². The molecule has 0 radical (unpaired) electrons. The lowest BCUT2D eigenvalue weighted by Gasteiger charge is -2.35. The Kier molecular flexibility index (Phi) is 8.83. The fourth-order valence-corrected chi connectivity index (χ4v) is 6.32. The molecule has 176 valence electrons. The van der Waals surface area contributed by atoms with Gasteiger partial charge in [0.1, 0.15) is 9.84 Å². The zero-order valence-corrected chi connectivity index (χ0v) is 20.0. The van der Waals surface area contributed by atoms with Crippen LogP contribution < -0.4 is 5.32 Å². The molecule has 32 heavy (non-hydrogen) atoms. The molecule has 2 unspecified atom stereocenters. The van der Waals surface area contributed by atoms with Gasteiger partial charge in [-0.15, -0.1) is 0 Å². The average Bonchev–Trinajstić information content (AvgIpc) is 2.75. The second-order valence-electron chi connectivity index (χ2n) is 8.90. The van der Waals surface area contributed by atoms with Crippen LogP contribution in [0.2, 0.25) is 0 Å². The summed E-state index contributed by atoms with van der Waals surface area (Å²) in [6.07, 6.45) is 5.70. The van der Waals surface area contributed by atoms with E-state index < -0.39 is 21.5 Å². The summed E-state index contributed by atoms with van der Waals surface area (Å²) in [5, 5.41) is 3.59. The first-order chi connectivity index (χ1) is 15.3. The molecule has 0 aliphatic heterocycles. The maximum atomic E-state index is 13.8. The van der Waals surface area contributed by atoms with Crippen LogP contribution in [0.15, 0.2) is 36.4 Å². The number of aryl methyl sites for hydroxylation is 2. The van der Waals surface area contributed by atoms with Gasteiger partial charge in [-0.2, -0.15) is 0 Å². The number of benzene rings is 2. The number of fused-ring (bicyclic) bond motifs is 1. The number of sulfone groups is 1. The highest BCUT2D eigenvalue weighted by molar-refractivity contribution is 7.91. The Labute approximate surface area is 191 Å². The van der Waals surface area contributed by atoms with E-state index in [0.717, 1.165) is 37.8 Å². The second-order valence-corrected chi connectivity index (χ2v) is 11.2. The lowest BCUT2D eigenvalue weighted by Crippen LogP contribution is -2.39. The van der Waals surface area contributed by atoms with Crippen LogP contribution >= 0.6 is 0 Å². The number of nitrogens with one attached hydrogen (secondary N) is 1. The topological polar surface area (TPSA) is 46.2 Å². The number of halogens is 2. The van der Waals surface area contributed by atoms with Crippen molar-refractivity contribution in [2.45, 2.75) is 70.8 Å². The number of likely N-dealkylation sites (N-methyl/N-ethyl adjacent to an activating group) is 1. The van der Waals surface area contributed by atoms with Crippen LogP contribution in [0, 0.1) is 11.6 Å². The molecule has 0 fully saturated rings. The lowest BCUT2D eigenvalue weighted by molar-refractivity contribution is 0.391. The third-order valence-corrected chi connectivity index (χ3v) is 8.35. The molecule has 2 aromatic rings. The van der Waals surface area contributed by atoms with Gasteiger partial charge in [0.15, 0.2) is 11.6 Å². The quantitative estimate of drug-likeness (QED) is 0.456. The Bertz CT molecular complexity index is 1010. The molecule has 1 N–H and O–H groups in total. The van der Waals surface area contributed by atoms with E-state index in [-0.39, 0.29) is 23.5 Å². The molecule has 0 amide bonds. The number of hydrogen-bond donors (Lipinski definition) is 1. The highest BCUT2D eigenvalue weighted by atomic mass is 32.2. The summed E-state index contributed by atoms with van der Waals surface area (Å²) in [5.74, 6) is -0.904. The smallest absolute Gasteiger partial charge is 0.159 e. The molecular weight excluding hydrogens is 428 g/mol. The zero-order valence-electron chi connectivity index (χ0n) is 19.2. The molecule has 0 saturated heterocycles. The van der Waals surface area contributed by atoms with Gasteiger partial charge in [-0.1, -0.05) is 38.1 Å². The van der Waals surface area contributed by atoms with Crippen LogP contribution in [-0.4, -0.2) is 32.5 Å². The van der Waals surface area contributed by atoms with E-state index in [1.165, 1.54) is 28.8 Å². The fraction of sp³-hybridized carbons (Fsp3) is 0.538. The first-order valence-electron chi connectivity index (χ1n) is 11.8. The Morgan fingerprint density at radius 3 is 2.47 bits per heavy atom. The molecule has 1 aliphatic rings. The van der Waals surface area contributed by atoms with Crippen molar-refractivity contribution in [3.05, 3.63) is 70.3 Å². The van der Waals surface area contributed by atoms with Crippen LogP contribution in [0.5, 0.6) is 0 Å². The standard InChI is InChI=1S/C26H35F2NO2S/c1-3-14-32(30,31)15-6-5-7-19-8-10-21-11-13-26(29-4-2)23(22(21)16-19)17-20-9-12-24(27)25(28)18-20/h8-10,12,16,18,23,26,29H,3-7,11,13-15,17H2,1-2H3. The number of hydrogen-bond acceptors (Lipinski definition) is 3. The largest absolute Gasteiger partial charge is 0.314 e. The van der Waals surface area contributed by atoms with E-state index >= 15 is 0 Å². The van der Waals surface area contributed by atoms with Crippen molar-refractivity contribution < 1.29 is 17.2 Å². The van der Waals surface area contributed by atoms with Crippen molar-refractivity contribution in [1.29, 1.82) is 0 Å². The van der Waals surface area contributed by atoms with Crippen LogP contribution in [0.1, 0.15) is 67.7 Å². The van der Waals surface area contributed by atoms with Gasteiger partial charge in [-0.3, -0.25) is 0 Å². The van der Waals surface area contributed by atoms with Gasteiger partial charge in [0, 0.05) is 17.7 Å². The van der Waals surface area contributed by atoms with E-state index in [4.69, 9.17) is 0 Å². The molecule has 0 heterocycles. The van der Waals surface area contributed by atoms with Gasteiger partial charge in [-0.05, 0) is 85.9 Å². The molecule has 3 nitrogen and oxygen atoms in total. The van der Waals surface area contributed by atoms with Crippen LogP contribution in [-0.2, 0) is 29.1 Å². The van der Waals surface area contributed by atoms with Crippen molar-refractivity contribution in [3.63, 3.8) is 0 Å². The van der Waals surface area contributed by atoms with Crippen LogP contribution in [0.4, 0.5) is 8.78 Å². The first kappa shape index (κ1) is 24.8. The summed E-state index contributed by atoms with van der Waals surface area (Å²) in [5.41, 5.74) is 4.62. The highest BCUT2D eigenvalue weighted by Crippen LogP contribution is 2.35. The average molecular weight is 464 g/mol. The van der Waals surface area contributed by atoms with Crippen molar-refractivity contribution in [1.82, 2.24) is 5.32 Å². The maximum absolute atomic E-state index is 13.8. The Morgan fingerprint density at radius 2 is 1.75 bits per heavy atom. The molecule has 0 saturated carbocycles. The van der Waals surface area contributed by atoms with E-state index in [1.807, 2.05) is 6.92 Å².